The molecule has 0 aliphatic heterocycles. The first-order valence-electron chi connectivity index (χ1n) is 8.80. The molecule has 6 nitrogen and oxygen atoms in total. The van der Waals surface area contributed by atoms with Crippen LogP contribution in [0.15, 0.2) is 58.4 Å². The van der Waals surface area contributed by atoms with E-state index < -0.39 is 15.8 Å². The van der Waals surface area contributed by atoms with Crippen LogP contribution in [0, 0.1) is 5.82 Å². The van der Waals surface area contributed by atoms with Crippen molar-refractivity contribution in [2.24, 2.45) is 4.99 Å². The fourth-order valence-corrected chi connectivity index (χ4v) is 3.49. The molecule has 2 aromatic rings. The van der Waals surface area contributed by atoms with Crippen LogP contribution in [0.2, 0.25) is 0 Å². The van der Waals surface area contributed by atoms with Gasteiger partial charge in [0.2, 0.25) is 10.0 Å². The van der Waals surface area contributed by atoms with Gasteiger partial charge >= 0.3 is 0 Å². The van der Waals surface area contributed by atoms with Gasteiger partial charge in [0.25, 0.3) is 0 Å². The zero-order chi connectivity index (χ0) is 19.7. The minimum Gasteiger partial charge on any atom is -0.357 e. The number of nitrogens with one attached hydrogen (secondary N) is 3. The summed E-state index contributed by atoms with van der Waals surface area (Å²) < 4.78 is 40.8. The molecule has 0 saturated heterocycles. The maximum Gasteiger partial charge on any atom is 0.240 e. The highest BCUT2D eigenvalue weighted by molar-refractivity contribution is 14.0. The predicted octanol–water partition coefficient (Wildman–Crippen LogP) is 3.00. The number of guanidine groups is 1. The minimum absolute atomic E-state index is 0. The van der Waals surface area contributed by atoms with Crippen molar-refractivity contribution in [2.45, 2.75) is 31.8 Å². The number of hydrogen-bond acceptors (Lipinski definition) is 3. The van der Waals surface area contributed by atoms with E-state index in [1.54, 1.807) is 24.3 Å². The van der Waals surface area contributed by atoms with Crippen molar-refractivity contribution in [3.8, 4) is 0 Å². The van der Waals surface area contributed by atoms with Crippen molar-refractivity contribution in [1.82, 2.24) is 15.4 Å². The average molecular weight is 520 g/mol. The lowest BCUT2D eigenvalue weighted by Gasteiger charge is -2.10. The van der Waals surface area contributed by atoms with Gasteiger partial charge in [-0.05, 0) is 49.2 Å². The first kappa shape index (κ1) is 24.3. The van der Waals surface area contributed by atoms with Gasteiger partial charge in [-0.3, -0.25) is 0 Å². The number of rotatable bonds is 8. The normalized spacial score (nSPS) is 10.7. The Morgan fingerprint density at radius 1 is 1.00 bits per heavy atom. The summed E-state index contributed by atoms with van der Waals surface area (Å²) in [6, 6.07) is 12.5. The van der Waals surface area contributed by atoms with Crippen molar-refractivity contribution >= 4 is 40.0 Å². The van der Waals surface area contributed by atoms with Gasteiger partial charge in [-0.25, -0.2) is 22.5 Å². The minimum atomic E-state index is -3.70. The Hall–Kier alpha value is -1.72. The lowest BCUT2D eigenvalue weighted by Crippen LogP contribution is -2.36. The SMILES string of the molecule is CCNC(=NCc1cccc(S(=O)(=O)NCc2cccc(F)c2)c1)NCC.I. The molecule has 0 unspecified atom stereocenters. The van der Waals surface area contributed by atoms with Gasteiger partial charge in [0.1, 0.15) is 5.82 Å². The van der Waals surface area contributed by atoms with Crippen molar-refractivity contribution in [1.29, 1.82) is 0 Å². The number of hydrogen-bond donors (Lipinski definition) is 3. The first-order valence-corrected chi connectivity index (χ1v) is 10.3. The number of benzene rings is 2. The molecule has 0 radical (unpaired) electrons. The Kier molecular flexibility index (Phi) is 10.4. The summed E-state index contributed by atoms with van der Waals surface area (Å²) in [4.78, 5) is 4.59. The Morgan fingerprint density at radius 2 is 1.64 bits per heavy atom. The third-order valence-corrected chi connectivity index (χ3v) is 5.07. The van der Waals surface area contributed by atoms with Gasteiger partial charge < -0.3 is 10.6 Å². The molecule has 9 heteroatoms. The molecule has 0 heterocycles. The van der Waals surface area contributed by atoms with Crippen LogP contribution in [0.1, 0.15) is 25.0 Å². The summed E-state index contributed by atoms with van der Waals surface area (Å²) >= 11 is 0. The molecule has 2 rings (SSSR count). The van der Waals surface area contributed by atoms with Crippen LogP contribution in [-0.2, 0) is 23.1 Å². The molecule has 0 aromatic heterocycles. The molecule has 3 N–H and O–H groups in total. The lowest BCUT2D eigenvalue weighted by atomic mass is 10.2. The molecule has 0 amide bonds. The standard InChI is InChI=1S/C19H25FN4O2S.HI/c1-3-21-19(22-4-2)23-13-16-8-6-10-18(12-16)27(25,26)24-14-15-7-5-9-17(20)11-15;/h5-12,24H,3-4,13-14H2,1-2H3,(H2,21,22,23);1H. The fraction of sp³-hybridized carbons (Fsp3) is 0.316. The summed E-state index contributed by atoms with van der Waals surface area (Å²) in [5.74, 6) is 0.279. The molecule has 0 fully saturated rings. The van der Waals surface area contributed by atoms with Gasteiger partial charge in [0.05, 0.1) is 11.4 Å². The summed E-state index contributed by atoms with van der Waals surface area (Å²) in [5, 5.41) is 6.24. The molecule has 0 spiro atoms. The number of sulfonamides is 1. The van der Waals surface area contributed by atoms with E-state index in [-0.39, 0.29) is 35.4 Å². The van der Waals surface area contributed by atoms with Crippen molar-refractivity contribution < 1.29 is 12.8 Å². The molecule has 28 heavy (non-hydrogen) atoms. The molecule has 154 valence electrons. The van der Waals surface area contributed by atoms with Gasteiger partial charge in [-0.15, -0.1) is 24.0 Å². The van der Waals surface area contributed by atoms with Crippen LogP contribution >= 0.6 is 24.0 Å². The smallest absolute Gasteiger partial charge is 0.240 e. The van der Waals surface area contributed by atoms with Gasteiger partial charge in [-0.2, -0.15) is 0 Å². The molecule has 0 atom stereocenters. The van der Waals surface area contributed by atoms with Crippen molar-refractivity contribution in [3.05, 3.63) is 65.5 Å². The first-order chi connectivity index (χ1) is 12.9. The third kappa shape index (κ3) is 7.72. The van der Waals surface area contributed by atoms with Crippen LogP contribution in [0.4, 0.5) is 4.39 Å². The number of halogens is 2. The van der Waals surface area contributed by atoms with E-state index in [9.17, 15) is 12.8 Å². The number of aliphatic imine (C=N–C) groups is 1. The second-order valence-electron chi connectivity index (χ2n) is 5.83. The predicted molar refractivity (Wildman–Crippen MR) is 121 cm³/mol. The van der Waals surface area contributed by atoms with Crippen LogP contribution in [0.25, 0.3) is 0 Å². The Labute approximate surface area is 183 Å². The quantitative estimate of drug-likeness (QED) is 0.284. The highest BCUT2D eigenvalue weighted by Gasteiger charge is 2.14. The van der Waals surface area contributed by atoms with E-state index in [0.29, 0.717) is 18.1 Å². The average Bonchev–Trinajstić information content (AvgIpc) is 2.65. The molecule has 0 aliphatic carbocycles. The molecule has 0 saturated carbocycles. The van der Waals surface area contributed by atoms with Crippen molar-refractivity contribution in [3.63, 3.8) is 0 Å². The largest absolute Gasteiger partial charge is 0.357 e. The molecule has 2 aromatic carbocycles. The molecule has 0 bridgehead atoms. The number of nitrogens with zero attached hydrogens (tertiary/aromatic N) is 1. The lowest BCUT2D eigenvalue weighted by molar-refractivity contribution is 0.580. The summed E-state index contributed by atoms with van der Waals surface area (Å²) in [5.41, 5.74) is 1.33. The van der Waals surface area contributed by atoms with Crippen molar-refractivity contribution in [2.75, 3.05) is 13.1 Å². The van der Waals surface area contributed by atoms with Gasteiger partial charge in [0, 0.05) is 19.6 Å². The van der Waals surface area contributed by atoms with E-state index in [1.807, 2.05) is 19.9 Å². The van der Waals surface area contributed by atoms with Gasteiger partial charge in [0.15, 0.2) is 5.96 Å². The Bertz CT molecular complexity index is 883. The molecular weight excluding hydrogens is 494 g/mol. The van der Waals surface area contributed by atoms with Crippen LogP contribution in [-0.4, -0.2) is 27.5 Å². The van der Waals surface area contributed by atoms with Crippen LogP contribution < -0.4 is 15.4 Å². The Balaban J connectivity index is 0.00000392. The zero-order valence-electron chi connectivity index (χ0n) is 15.9. The van der Waals surface area contributed by atoms with E-state index in [4.69, 9.17) is 0 Å². The topological polar surface area (TPSA) is 82.6 Å². The maximum absolute atomic E-state index is 13.2. The fourth-order valence-electron chi connectivity index (χ4n) is 2.40. The summed E-state index contributed by atoms with van der Waals surface area (Å²) in [6.45, 7) is 5.80. The monoisotopic (exact) mass is 520 g/mol. The van der Waals surface area contributed by atoms with E-state index in [0.717, 1.165) is 18.7 Å². The summed E-state index contributed by atoms with van der Waals surface area (Å²) in [6.07, 6.45) is 0. The second-order valence-corrected chi connectivity index (χ2v) is 7.59. The summed E-state index contributed by atoms with van der Waals surface area (Å²) in [7, 11) is -3.70. The van der Waals surface area contributed by atoms with E-state index >= 15 is 0 Å². The maximum atomic E-state index is 13.2. The van der Waals surface area contributed by atoms with Crippen LogP contribution in [0.5, 0.6) is 0 Å². The third-order valence-electron chi connectivity index (χ3n) is 3.67. The van der Waals surface area contributed by atoms with E-state index in [2.05, 4.69) is 20.3 Å². The highest BCUT2D eigenvalue weighted by atomic mass is 127. The molecule has 0 aliphatic rings. The van der Waals surface area contributed by atoms with Crippen LogP contribution in [0.3, 0.4) is 0 Å². The molecular formula is C19H26FIN4O2S. The highest BCUT2D eigenvalue weighted by Crippen LogP contribution is 2.13. The van der Waals surface area contributed by atoms with Gasteiger partial charge in [-0.1, -0.05) is 24.3 Å². The van der Waals surface area contributed by atoms with E-state index in [1.165, 1.54) is 18.2 Å². The zero-order valence-corrected chi connectivity index (χ0v) is 19.1. The second kappa shape index (κ2) is 12.0. The Morgan fingerprint density at radius 3 is 2.29 bits per heavy atom.